The lowest BCUT2D eigenvalue weighted by Crippen LogP contribution is -2.48. The van der Waals surface area contributed by atoms with Gasteiger partial charge >= 0.3 is 0 Å². The average molecular weight is 324 g/mol. The topological polar surface area (TPSA) is 118 Å². The SMILES string of the molecule is O=C(c1ccc(=O)[nH]c1)N1CC(c2nc(-c3ncccn3)no2)C1. The smallest absolute Gasteiger partial charge is 0.255 e. The third-order valence-electron chi connectivity index (χ3n) is 3.76. The van der Waals surface area contributed by atoms with E-state index in [0.29, 0.717) is 36.2 Å². The Kier molecular flexibility index (Phi) is 3.38. The summed E-state index contributed by atoms with van der Waals surface area (Å²) >= 11 is 0. The van der Waals surface area contributed by atoms with Crippen molar-refractivity contribution in [3.05, 3.63) is 58.6 Å². The van der Waals surface area contributed by atoms with E-state index in [2.05, 4.69) is 25.1 Å². The van der Waals surface area contributed by atoms with Crippen molar-refractivity contribution in [2.24, 2.45) is 0 Å². The standard InChI is InChI=1S/C15H12N6O3/c22-11-3-2-9(6-18-11)15(23)21-7-10(8-21)14-19-13(20-24-14)12-16-4-1-5-17-12/h1-6,10H,7-8H2,(H,18,22). The molecule has 3 aromatic heterocycles. The van der Waals surface area contributed by atoms with Crippen molar-refractivity contribution < 1.29 is 9.32 Å². The summed E-state index contributed by atoms with van der Waals surface area (Å²) in [6, 6.07) is 4.54. The Morgan fingerprint density at radius 2 is 2.00 bits per heavy atom. The monoisotopic (exact) mass is 324 g/mol. The highest BCUT2D eigenvalue weighted by Crippen LogP contribution is 2.27. The maximum absolute atomic E-state index is 12.3. The van der Waals surface area contributed by atoms with E-state index in [1.54, 1.807) is 23.4 Å². The first kappa shape index (κ1) is 14.2. The third kappa shape index (κ3) is 2.56. The van der Waals surface area contributed by atoms with Crippen LogP contribution in [0.3, 0.4) is 0 Å². The van der Waals surface area contributed by atoms with Crippen LogP contribution in [0.5, 0.6) is 0 Å². The number of nitrogens with zero attached hydrogens (tertiary/aromatic N) is 5. The van der Waals surface area contributed by atoms with E-state index in [1.807, 2.05) is 0 Å². The van der Waals surface area contributed by atoms with Crippen LogP contribution in [0.4, 0.5) is 0 Å². The number of aromatic nitrogens is 5. The molecule has 1 N–H and O–H groups in total. The molecule has 0 aromatic carbocycles. The van der Waals surface area contributed by atoms with Crippen molar-refractivity contribution in [1.29, 1.82) is 0 Å². The molecule has 1 aliphatic heterocycles. The molecule has 9 nitrogen and oxygen atoms in total. The van der Waals surface area contributed by atoms with E-state index >= 15 is 0 Å². The third-order valence-corrected chi connectivity index (χ3v) is 3.76. The number of carbonyl (C=O) groups excluding carboxylic acids is 1. The van der Waals surface area contributed by atoms with Crippen molar-refractivity contribution in [3.63, 3.8) is 0 Å². The van der Waals surface area contributed by atoms with Crippen LogP contribution in [0.1, 0.15) is 22.2 Å². The van der Waals surface area contributed by atoms with E-state index in [9.17, 15) is 9.59 Å². The van der Waals surface area contributed by atoms with E-state index in [4.69, 9.17) is 4.52 Å². The van der Waals surface area contributed by atoms with Crippen LogP contribution in [-0.4, -0.2) is 49.0 Å². The zero-order chi connectivity index (χ0) is 16.5. The van der Waals surface area contributed by atoms with Crippen LogP contribution in [0.2, 0.25) is 0 Å². The van der Waals surface area contributed by atoms with Gasteiger partial charge in [-0.05, 0) is 12.1 Å². The first-order valence-corrected chi connectivity index (χ1v) is 7.30. The minimum atomic E-state index is -0.241. The van der Waals surface area contributed by atoms with E-state index in [0.717, 1.165) is 0 Å². The van der Waals surface area contributed by atoms with Gasteiger partial charge in [-0.3, -0.25) is 9.59 Å². The summed E-state index contributed by atoms with van der Waals surface area (Å²) in [5, 5.41) is 3.87. The molecule has 0 atom stereocenters. The summed E-state index contributed by atoms with van der Waals surface area (Å²) in [5.74, 6) is 1.03. The maximum Gasteiger partial charge on any atom is 0.255 e. The normalized spacial score (nSPS) is 14.4. The Hall–Kier alpha value is -3.36. The predicted octanol–water partition coefficient (Wildman–Crippen LogP) is 0.454. The minimum Gasteiger partial charge on any atom is -0.338 e. The lowest BCUT2D eigenvalue weighted by molar-refractivity contribution is 0.0568. The molecule has 0 aliphatic carbocycles. The zero-order valence-electron chi connectivity index (χ0n) is 12.4. The fourth-order valence-electron chi connectivity index (χ4n) is 2.43. The Morgan fingerprint density at radius 1 is 1.21 bits per heavy atom. The maximum atomic E-state index is 12.3. The highest BCUT2D eigenvalue weighted by Gasteiger charge is 2.36. The van der Waals surface area contributed by atoms with Gasteiger partial charge in [0.05, 0.1) is 11.5 Å². The minimum absolute atomic E-state index is 0.0123. The molecule has 4 rings (SSSR count). The van der Waals surface area contributed by atoms with Gasteiger partial charge in [-0.25, -0.2) is 9.97 Å². The van der Waals surface area contributed by atoms with Gasteiger partial charge in [0, 0.05) is 37.7 Å². The van der Waals surface area contributed by atoms with E-state index in [1.165, 1.54) is 18.3 Å². The summed E-state index contributed by atoms with van der Waals surface area (Å²) < 4.78 is 5.25. The van der Waals surface area contributed by atoms with Gasteiger partial charge < -0.3 is 14.4 Å². The van der Waals surface area contributed by atoms with Gasteiger partial charge in [0.1, 0.15) is 0 Å². The number of carbonyl (C=O) groups is 1. The Morgan fingerprint density at radius 3 is 2.71 bits per heavy atom. The van der Waals surface area contributed by atoms with Crippen molar-refractivity contribution in [3.8, 4) is 11.6 Å². The van der Waals surface area contributed by atoms with Gasteiger partial charge in [0.25, 0.3) is 5.91 Å². The molecular weight excluding hydrogens is 312 g/mol. The van der Waals surface area contributed by atoms with Gasteiger partial charge in [0.2, 0.25) is 23.1 Å². The first-order valence-electron chi connectivity index (χ1n) is 7.30. The number of H-pyrrole nitrogens is 1. The summed E-state index contributed by atoms with van der Waals surface area (Å²) in [7, 11) is 0. The molecule has 0 unspecified atom stereocenters. The van der Waals surface area contributed by atoms with E-state index in [-0.39, 0.29) is 17.4 Å². The Balaban J connectivity index is 1.43. The largest absolute Gasteiger partial charge is 0.338 e. The number of likely N-dealkylation sites (tertiary alicyclic amines) is 1. The van der Waals surface area contributed by atoms with E-state index < -0.39 is 0 Å². The second-order valence-corrected chi connectivity index (χ2v) is 5.38. The molecule has 1 saturated heterocycles. The molecule has 1 aliphatic rings. The molecule has 0 spiro atoms. The number of aromatic amines is 1. The van der Waals surface area contributed by atoms with Crippen molar-refractivity contribution >= 4 is 5.91 Å². The van der Waals surface area contributed by atoms with Crippen LogP contribution < -0.4 is 5.56 Å². The van der Waals surface area contributed by atoms with Crippen LogP contribution in [0.15, 0.2) is 46.1 Å². The van der Waals surface area contributed by atoms with Gasteiger partial charge in [-0.2, -0.15) is 4.98 Å². The number of hydrogen-bond donors (Lipinski definition) is 1. The lowest BCUT2D eigenvalue weighted by Gasteiger charge is -2.37. The van der Waals surface area contributed by atoms with Gasteiger partial charge in [-0.1, -0.05) is 5.16 Å². The molecule has 1 fully saturated rings. The fraction of sp³-hybridized carbons (Fsp3) is 0.200. The van der Waals surface area contributed by atoms with Crippen LogP contribution >= 0.6 is 0 Å². The molecule has 1 amide bonds. The molecule has 3 aromatic rings. The molecule has 120 valence electrons. The Labute approximate surface area is 135 Å². The lowest BCUT2D eigenvalue weighted by atomic mass is 9.99. The molecule has 9 heteroatoms. The number of nitrogens with one attached hydrogen (secondary N) is 1. The number of pyridine rings is 1. The number of amides is 1. The number of rotatable bonds is 3. The quantitative estimate of drug-likeness (QED) is 0.743. The van der Waals surface area contributed by atoms with Gasteiger partial charge in [-0.15, -0.1) is 0 Å². The van der Waals surface area contributed by atoms with Crippen LogP contribution in [-0.2, 0) is 0 Å². The van der Waals surface area contributed by atoms with Gasteiger partial charge in [0.15, 0.2) is 0 Å². The highest BCUT2D eigenvalue weighted by molar-refractivity contribution is 5.94. The van der Waals surface area contributed by atoms with Crippen LogP contribution in [0.25, 0.3) is 11.6 Å². The summed E-state index contributed by atoms with van der Waals surface area (Å²) in [4.78, 5) is 39.9. The fourth-order valence-corrected chi connectivity index (χ4v) is 2.43. The highest BCUT2D eigenvalue weighted by atomic mass is 16.5. The second kappa shape index (κ2) is 5.69. The molecular formula is C15H12N6O3. The molecule has 4 heterocycles. The van der Waals surface area contributed by atoms with Crippen molar-refractivity contribution in [2.45, 2.75) is 5.92 Å². The molecule has 24 heavy (non-hydrogen) atoms. The predicted molar refractivity (Wildman–Crippen MR) is 81.0 cm³/mol. The van der Waals surface area contributed by atoms with Crippen molar-refractivity contribution in [1.82, 2.24) is 30.0 Å². The number of hydrogen-bond acceptors (Lipinski definition) is 7. The van der Waals surface area contributed by atoms with Crippen LogP contribution in [0, 0.1) is 0 Å². The molecule has 0 saturated carbocycles. The first-order chi connectivity index (χ1) is 11.7. The summed E-state index contributed by atoms with van der Waals surface area (Å²) in [6.07, 6.45) is 4.62. The summed E-state index contributed by atoms with van der Waals surface area (Å²) in [5.41, 5.74) is 0.200. The zero-order valence-corrected chi connectivity index (χ0v) is 12.4. The molecule has 0 radical (unpaired) electrons. The summed E-state index contributed by atoms with van der Waals surface area (Å²) in [6.45, 7) is 0.963. The second-order valence-electron chi connectivity index (χ2n) is 5.38. The average Bonchev–Trinajstić information content (AvgIpc) is 3.04. The van der Waals surface area contributed by atoms with Crippen molar-refractivity contribution in [2.75, 3.05) is 13.1 Å². The Bertz CT molecular complexity index is 909. The molecule has 0 bridgehead atoms.